The lowest BCUT2D eigenvalue weighted by Crippen LogP contribution is -2.41. The molecule has 0 heterocycles. The molecule has 1 rings (SSSR count). The molecule has 2 N–H and O–H groups in total. The van der Waals surface area contributed by atoms with Gasteiger partial charge in [-0.05, 0) is 12.1 Å². The summed E-state index contributed by atoms with van der Waals surface area (Å²) in [6, 6.07) is 5.87. The SMILES string of the molecule is C=CCNC(=O)NC(=O)COc1ccc(C#N)cc1OC. The molecule has 0 aliphatic heterocycles. The number of carbonyl (C=O) groups is 2. The van der Waals surface area contributed by atoms with Crippen LogP contribution >= 0.6 is 0 Å². The number of hydrogen-bond donors (Lipinski definition) is 2. The molecule has 7 nitrogen and oxygen atoms in total. The van der Waals surface area contributed by atoms with Crippen LogP contribution in [0.3, 0.4) is 0 Å². The third-order valence-electron chi connectivity index (χ3n) is 2.31. The highest BCUT2D eigenvalue weighted by atomic mass is 16.5. The highest BCUT2D eigenvalue weighted by molar-refractivity contribution is 5.95. The third kappa shape index (κ3) is 5.24. The molecule has 0 saturated heterocycles. The summed E-state index contributed by atoms with van der Waals surface area (Å²) in [5.74, 6) is 0.0269. The molecular weight excluding hydrogens is 274 g/mol. The standard InChI is InChI=1S/C14H15N3O4/c1-3-6-16-14(19)17-13(18)9-21-11-5-4-10(8-15)7-12(11)20-2/h3-5,7H,1,6,9H2,2H3,(H2,16,17,18,19). The van der Waals surface area contributed by atoms with Crippen LogP contribution in [0, 0.1) is 11.3 Å². The summed E-state index contributed by atoms with van der Waals surface area (Å²) in [5.41, 5.74) is 0.410. The van der Waals surface area contributed by atoms with Crippen molar-refractivity contribution in [3.63, 3.8) is 0 Å². The van der Waals surface area contributed by atoms with Crippen molar-refractivity contribution in [1.82, 2.24) is 10.6 Å². The van der Waals surface area contributed by atoms with E-state index in [0.29, 0.717) is 17.1 Å². The number of nitriles is 1. The van der Waals surface area contributed by atoms with Gasteiger partial charge in [0.15, 0.2) is 18.1 Å². The highest BCUT2D eigenvalue weighted by Crippen LogP contribution is 2.27. The molecule has 1 aromatic carbocycles. The molecule has 21 heavy (non-hydrogen) atoms. The van der Waals surface area contributed by atoms with Gasteiger partial charge in [-0.3, -0.25) is 10.1 Å². The summed E-state index contributed by atoms with van der Waals surface area (Å²) in [6.45, 7) is 3.33. The molecule has 0 aliphatic carbocycles. The van der Waals surface area contributed by atoms with Crippen molar-refractivity contribution in [3.05, 3.63) is 36.4 Å². The molecule has 0 bridgehead atoms. The van der Waals surface area contributed by atoms with E-state index in [1.165, 1.54) is 31.4 Å². The maximum Gasteiger partial charge on any atom is 0.321 e. The number of rotatable bonds is 6. The van der Waals surface area contributed by atoms with E-state index < -0.39 is 11.9 Å². The first-order valence-electron chi connectivity index (χ1n) is 6.00. The Kier molecular flexibility index (Phi) is 6.28. The highest BCUT2D eigenvalue weighted by Gasteiger charge is 2.10. The number of nitrogens with zero attached hydrogens (tertiary/aromatic N) is 1. The zero-order valence-corrected chi connectivity index (χ0v) is 11.5. The van der Waals surface area contributed by atoms with Gasteiger partial charge in [-0.15, -0.1) is 6.58 Å². The Morgan fingerprint density at radius 1 is 1.43 bits per heavy atom. The fraction of sp³-hybridized carbons (Fsp3) is 0.214. The van der Waals surface area contributed by atoms with Gasteiger partial charge in [-0.25, -0.2) is 4.79 Å². The van der Waals surface area contributed by atoms with Gasteiger partial charge >= 0.3 is 6.03 Å². The van der Waals surface area contributed by atoms with Crippen molar-refractivity contribution < 1.29 is 19.1 Å². The predicted octanol–water partition coefficient (Wildman–Crippen LogP) is 0.957. The monoisotopic (exact) mass is 289 g/mol. The Balaban J connectivity index is 2.55. The smallest absolute Gasteiger partial charge is 0.321 e. The summed E-state index contributed by atoms with van der Waals surface area (Å²) in [7, 11) is 1.42. The van der Waals surface area contributed by atoms with Gasteiger partial charge in [0, 0.05) is 12.6 Å². The molecule has 0 radical (unpaired) electrons. The quantitative estimate of drug-likeness (QED) is 0.760. The van der Waals surface area contributed by atoms with E-state index in [2.05, 4.69) is 17.2 Å². The second kappa shape index (κ2) is 8.22. The first-order valence-corrected chi connectivity index (χ1v) is 6.00. The lowest BCUT2D eigenvalue weighted by Gasteiger charge is -2.10. The number of nitrogens with one attached hydrogen (secondary N) is 2. The molecule has 1 aromatic rings. The summed E-state index contributed by atoms with van der Waals surface area (Å²) in [5, 5.41) is 13.3. The fourth-order valence-corrected chi connectivity index (χ4v) is 1.37. The minimum atomic E-state index is -0.629. The first-order chi connectivity index (χ1) is 10.1. The Hall–Kier alpha value is -3.01. The van der Waals surface area contributed by atoms with E-state index >= 15 is 0 Å². The van der Waals surface area contributed by atoms with E-state index in [1.54, 1.807) is 0 Å². The summed E-state index contributed by atoms with van der Waals surface area (Å²) >= 11 is 0. The molecule has 0 atom stereocenters. The summed E-state index contributed by atoms with van der Waals surface area (Å²) < 4.78 is 10.3. The summed E-state index contributed by atoms with van der Waals surface area (Å²) in [4.78, 5) is 22.7. The normalized spacial score (nSPS) is 9.14. The number of urea groups is 1. The van der Waals surface area contributed by atoms with Gasteiger partial charge in [0.2, 0.25) is 0 Å². The van der Waals surface area contributed by atoms with Crippen LogP contribution in [-0.2, 0) is 4.79 Å². The van der Waals surface area contributed by atoms with E-state index in [9.17, 15) is 9.59 Å². The first kappa shape index (κ1) is 16.0. The van der Waals surface area contributed by atoms with Gasteiger partial charge in [-0.1, -0.05) is 6.08 Å². The van der Waals surface area contributed by atoms with Crippen LogP contribution in [-0.4, -0.2) is 32.2 Å². The van der Waals surface area contributed by atoms with Gasteiger partial charge in [0.25, 0.3) is 5.91 Å². The van der Waals surface area contributed by atoms with Crippen molar-refractivity contribution in [3.8, 4) is 17.6 Å². The summed E-state index contributed by atoms with van der Waals surface area (Å²) in [6.07, 6.45) is 1.49. The number of ether oxygens (including phenoxy) is 2. The third-order valence-corrected chi connectivity index (χ3v) is 2.31. The molecule has 110 valence electrons. The Morgan fingerprint density at radius 2 is 2.19 bits per heavy atom. The molecule has 7 heteroatoms. The van der Waals surface area contributed by atoms with E-state index in [4.69, 9.17) is 14.7 Å². The average molecular weight is 289 g/mol. The van der Waals surface area contributed by atoms with Crippen LogP contribution < -0.4 is 20.1 Å². The number of hydrogen-bond acceptors (Lipinski definition) is 5. The van der Waals surface area contributed by atoms with Crippen LogP contribution in [0.4, 0.5) is 4.79 Å². The maximum atomic E-state index is 11.5. The van der Waals surface area contributed by atoms with Crippen LogP contribution in [0.2, 0.25) is 0 Å². The average Bonchev–Trinajstić information content (AvgIpc) is 2.50. The second-order valence-electron chi connectivity index (χ2n) is 3.81. The van der Waals surface area contributed by atoms with Crippen molar-refractivity contribution >= 4 is 11.9 Å². The molecule has 0 fully saturated rings. The van der Waals surface area contributed by atoms with Crippen molar-refractivity contribution in [2.75, 3.05) is 20.3 Å². The van der Waals surface area contributed by atoms with Crippen molar-refractivity contribution in [2.24, 2.45) is 0 Å². The largest absolute Gasteiger partial charge is 0.493 e. The number of imide groups is 1. The van der Waals surface area contributed by atoms with Crippen LogP contribution in [0.1, 0.15) is 5.56 Å². The lowest BCUT2D eigenvalue weighted by atomic mass is 10.2. The second-order valence-corrected chi connectivity index (χ2v) is 3.81. The Bertz CT molecular complexity index is 578. The molecule has 0 aliphatic rings. The van der Waals surface area contributed by atoms with Gasteiger partial charge in [-0.2, -0.15) is 5.26 Å². The number of benzene rings is 1. The van der Waals surface area contributed by atoms with Crippen LogP contribution in [0.5, 0.6) is 11.5 Å². The lowest BCUT2D eigenvalue weighted by molar-refractivity contribution is -0.122. The topological polar surface area (TPSA) is 100 Å². The van der Waals surface area contributed by atoms with Crippen LogP contribution in [0.25, 0.3) is 0 Å². The number of amides is 3. The van der Waals surface area contributed by atoms with Crippen LogP contribution in [0.15, 0.2) is 30.9 Å². The van der Waals surface area contributed by atoms with E-state index in [-0.39, 0.29) is 13.2 Å². The molecule has 0 spiro atoms. The zero-order valence-electron chi connectivity index (χ0n) is 11.5. The minimum Gasteiger partial charge on any atom is -0.493 e. The maximum absolute atomic E-state index is 11.5. The van der Waals surface area contributed by atoms with E-state index in [0.717, 1.165) is 0 Å². The predicted molar refractivity (Wildman–Crippen MR) is 74.9 cm³/mol. The minimum absolute atomic E-state index is 0.253. The van der Waals surface area contributed by atoms with Gasteiger partial charge in [0.05, 0.1) is 18.7 Å². The molecule has 3 amide bonds. The van der Waals surface area contributed by atoms with E-state index in [1.807, 2.05) is 6.07 Å². The number of carbonyl (C=O) groups excluding carboxylic acids is 2. The zero-order chi connectivity index (χ0) is 15.7. The Morgan fingerprint density at radius 3 is 2.81 bits per heavy atom. The van der Waals surface area contributed by atoms with Gasteiger partial charge in [0.1, 0.15) is 0 Å². The van der Waals surface area contributed by atoms with Gasteiger partial charge < -0.3 is 14.8 Å². The van der Waals surface area contributed by atoms with Crippen molar-refractivity contribution in [1.29, 1.82) is 5.26 Å². The molecule has 0 aromatic heterocycles. The molecular formula is C14H15N3O4. The number of methoxy groups -OCH3 is 1. The molecule has 0 saturated carbocycles. The Labute approximate surface area is 122 Å². The van der Waals surface area contributed by atoms with Crippen molar-refractivity contribution in [2.45, 2.75) is 0 Å². The fourth-order valence-electron chi connectivity index (χ4n) is 1.37. The molecule has 0 unspecified atom stereocenters.